The van der Waals surface area contributed by atoms with Crippen LogP contribution in [0.5, 0.6) is 0 Å². The van der Waals surface area contributed by atoms with Gasteiger partial charge in [-0.2, -0.15) is 0 Å². The van der Waals surface area contributed by atoms with E-state index in [0.29, 0.717) is 6.42 Å². The first kappa shape index (κ1) is 10.8. The zero-order valence-electron chi connectivity index (χ0n) is 8.53. The van der Waals surface area contributed by atoms with Crippen LogP contribution in [-0.4, -0.2) is 5.78 Å². The van der Waals surface area contributed by atoms with E-state index in [4.69, 9.17) is 4.42 Å². The molecule has 0 aromatic carbocycles. The van der Waals surface area contributed by atoms with Gasteiger partial charge in [0.05, 0.1) is 6.26 Å². The van der Waals surface area contributed by atoms with E-state index in [2.05, 4.69) is 6.92 Å². The minimum absolute atomic E-state index is 0.176. The summed E-state index contributed by atoms with van der Waals surface area (Å²) in [4.78, 5) is 11.3. The van der Waals surface area contributed by atoms with Crippen LogP contribution >= 0.6 is 0 Å². The number of unbranched alkanes of at least 4 members (excludes halogenated alkanes) is 2. The van der Waals surface area contributed by atoms with Crippen LogP contribution in [0.2, 0.25) is 0 Å². The Kier molecular flexibility index (Phi) is 4.76. The number of allylic oxidation sites excluding steroid dienone is 1. The lowest BCUT2D eigenvalue weighted by molar-refractivity contribution is -0.114. The molecule has 0 bridgehead atoms. The fourth-order valence-electron chi connectivity index (χ4n) is 1.19. The lowest BCUT2D eigenvalue weighted by atomic mass is 10.1. The van der Waals surface area contributed by atoms with Gasteiger partial charge < -0.3 is 4.42 Å². The number of carbonyl (C=O) groups excluding carboxylic acids is 1. The Hall–Kier alpha value is -1.31. The monoisotopic (exact) mass is 192 g/mol. The molecule has 0 saturated heterocycles. The normalized spacial score (nSPS) is 10.9. The third-order valence-electron chi connectivity index (χ3n) is 2.00. The van der Waals surface area contributed by atoms with Gasteiger partial charge in [-0.05, 0) is 30.7 Å². The average Bonchev–Trinajstić information content (AvgIpc) is 2.68. The first-order chi connectivity index (χ1) is 6.83. The SMILES string of the molecule is CCCCCC(=O)C=Cc1ccco1. The van der Waals surface area contributed by atoms with Gasteiger partial charge in [-0.3, -0.25) is 4.79 Å². The van der Waals surface area contributed by atoms with E-state index in [9.17, 15) is 4.79 Å². The molecule has 1 rings (SSSR count). The zero-order chi connectivity index (χ0) is 10.2. The minimum atomic E-state index is 0.176. The molecule has 0 radical (unpaired) electrons. The second kappa shape index (κ2) is 6.19. The minimum Gasteiger partial charge on any atom is -0.465 e. The summed E-state index contributed by atoms with van der Waals surface area (Å²) in [6.07, 6.45) is 8.81. The summed E-state index contributed by atoms with van der Waals surface area (Å²) >= 11 is 0. The van der Waals surface area contributed by atoms with Crippen molar-refractivity contribution in [3.63, 3.8) is 0 Å². The lowest BCUT2D eigenvalue weighted by Gasteiger charge is -1.93. The molecule has 0 spiro atoms. The third kappa shape index (κ3) is 4.08. The molecule has 14 heavy (non-hydrogen) atoms. The summed E-state index contributed by atoms with van der Waals surface area (Å²) in [5.74, 6) is 0.906. The van der Waals surface area contributed by atoms with Crippen LogP contribution in [0.25, 0.3) is 6.08 Å². The van der Waals surface area contributed by atoms with Crippen molar-refractivity contribution in [2.75, 3.05) is 0 Å². The maximum atomic E-state index is 11.3. The van der Waals surface area contributed by atoms with E-state index in [1.807, 2.05) is 6.07 Å². The van der Waals surface area contributed by atoms with Crippen molar-refractivity contribution in [2.45, 2.75) is 32.6 Å². The fraction of sp³-hybridized carbons (Fsp3) is 0.417. The number of carbonyl (C=O) groups is 1. The Bertz CT molecular complexity index is 283. The van der Waals surface area contributed by atoms with E-state index >= 15 is 0 Å². The first-order valence-electron chi connectivity index (χ1n) is 5.07. The largest absolute Gasteiger partial charge is 0.465 e. The fourth-order valence-corrected chi connectivity index (χ4v) is 1.19. The first-order valence-corrected chi connectivity index (χ1v) is 5.07. The van der Waals surface area contributed by atoms with E-state index in [0.717, 1.165) is 25.0 Å². The Morgan fingerprint density at radius 2 is 2.36 bits per heavy atom. The predicted molar refractivity (Wildman–Crippen MR) is 56.9 cm³/mol. The molecule has 0 unspecified atom stereocenters. The number of hydrogen-bond donors (Lipinski definition) is 0. The second-order valence-electron chi connectivity index (χ2n) is 3.27. The summed E-state index contributed by atoms with van der Waals surface area (Å²) in [5, 5.41) is 0. The Labute approximate surface area is 84.6 Å². The molecule has 0 aliphatic rings. The van der Waals surface area contributed by atoms with Crippen molar-refractivity contribution >= 4 is 11.9 Å². The third-order valence-corrected chi connectivity index (χ3v) is 2.00. The van der Waals surface area contributed by atoms with Gasteiger partial charge in [0.2, 0.25) is 0 Å². The van der Waals surface area contributed by atoms with Gasteiger partial charge in [0.25, 0.3) is 0 Å². The highest BCUT2D eigenvalue weighted by atomic mass is 16.3. The Morgan fingerprint density at radius 1 is 1.50 bits per heavy atom. The van der Waals surface area contributed by atoms with Crippen LogP contribution in [0.1, 0.15) is 38.4 Å². The maximum Gasteiger partial charge on any atom is 0.155 e. The van der Waals surface area contributed by atoms with E-state index < -0.39 is 0 Å². The molecule has 76 valence electrons. The van der Waals surface area contributed by atoms with Crippen molar-refractivity contribution in [3.05, 3.63) is 30.2 Å². The Balaban J connectivity index is 2.26. The van der Waals surface area contributed by atoms with Crippen molar-refractivity contribution in [3.8, 4) is 0 Å². The molecular formula is C12H16O2. The standard InChI is InChI=1S/C12H16O2/c1-2-3-4-6-11(13)8-9-12-7-5-10-14-12/h5,7-10H,2-4,6H2,1H3. The van der Waals surface area contributed by atoms with Crippen LogP contribution < -0.4 is 0 Å². The molecule has 0 aliphatic heterocycles. The van der Waals surface area contributed by atoms with Gasteiger partial charge in [-0.1, -0.05) is 19.8 Å². The molecule has 0 amide bonds. The smallest absolute Gasteiger partial charge is 0.155 e. The molecule has 0 atom stereocenters. The molecule has 0 fully saturated rings. The summed E-state index contributed by atoms with van der Waals surface area (Å²) in [7, 11) is 0. The van der Waals surface area contributed by atoms with Gasteiger partial charge in [0.15, 0.2) is 5.78 Å². The van der Waals surface area contributed by atoms with Crippen LogP contribution in [0.4, 0.5) is 0 Å². The zero-order valence-corrected chi connectivity index (χ0v) is 8.53. The van der Waals surface area contributed by atoms with E-state index in [-0.39, 0.29) is 5.78 Å². The molecule has 1 aromatic rings. The van der Waals surface area contributed by atoms with Gasteiger partial charge in [0, 0.05) is 6.42 Å². The second-order valence-corrected chi connectivity index (χ2v) is 3.27. The number of rotatable bonds is 6. The average molecular weight is 192 g/mol. The summed E-state index contributed by atoms with van der Waals surface area (Å²) in [5.41, 5.74) is 0. The van der Waals surface area contributed by atoms with Crippen LogP contribution in [0, 0.1) is 0 Å². The molecule has 0 N–H and O–H groups in total. The molecule has 1 heterocycles. The van der Waals surface area contributed by atoms with Crippen LogP contribution in [0.3, 0.4) is 0 Å². The van der Waals surface area contributed by atoms with Gasteiger partial charge in [-0.25, -0.2) is 0 Å². The van der Waals surface area contributed by atoms with Crippen molar-refractivity contribution in [1.29, 1.82) is 0 Å². The number of furan rings is 1. The molecule has 2 nitrogen and oxygen atoms in total. The lowest BCUT2D eigenvalue weighted by Crippen LogP contribution is -1.91. The number of ketones is 1. The predicted octanol–water partition coefficient (Wildman–Crippen LogP) is 3.44. The molecular weight excluding hydrogens is 176 g/mol. The molecule has 0 aliphatic carbocycles. The number of hydrogen-bond acceptors (Lipinski definition) is 2. The van der Waals surface area contributed by atoms with Gasteiger partial charge >= 0.3 is 0 Å². The topological polar surface area (TPSA) is 30.2 Å². The molecule has 1 aromatic heterocycles. The Morgan fingerprint density at radius 3 is 3.00 bits per heavy atom. The summed E-state index contributed by atoms with van der Waals surface area (Å²) < 4.78 is 5.07. The van der Waals surface area contributed by atoms with Gasteiger partial charge in [0.1, 0.15) is 5.76 Å². The van der Waals surface area contributed by atoms with E-state index in [1.54, 1.807) is 24.5 Å². The highest BCUT2D eigenvalue weighted by Gasteiger charge is 1.96. The summed E-state index contributed by atoms with van der Waals surface area (Å²) in [6.45, 7) is 2.13. The van der Waals surface area contributed by atoms with Crippen molar-refractivity contribution in [1.82, 2.24) is 0 Å². The quantitative estimate of drug-likeness (QED) is 0.510. The van der Waals surface area contributed by atoms with Gasteiger partial charge in [-0.15, -0.1) is 0 Å². The van der Waals surface area contributed by atoms with E-state index in [1.165, 1.54) is 0 Å². The molecule has 2 heteroatoms. The molecule has 0 saturated carbocycles. The van der Waals surface area contributed by atoms with Crippen LogP contribution in [-0.2, 0) is 4.79 Å². The van der Waals surface area contributed by atoms with Crippen molar-refractivity contribution < 1.29 is 9.21 Å². The summed E-state index contributed by atoms with van der Waals surface area (Å²) in [6, 6.07) is 3.64. The highest BCUT2D eigenvalue weighted by molar-refractivity contribution is 5.93. The highest BCUT2D eigenvalue weighted by Crippen LogP contribution is 2.04. The maximum absolute atomic E-state index is 11.3. The van der Waals surface area contributed by atoms with Crippen LogP contribution in [0.15, 0.2) is 28.9 Å². The van der Waals surface area contributed by atoms with Crippen molar-refractivity contribution in [2.24, 2.45) is 0 Å².